The van der Waals surface area contributed by atoms with Gasteiger partial charge in [0.25, 0.3) is 0 Å². The zero-order chi connectivity index (χ0) is 19.2. The second-order valence-electron chi connectivity index (χ2n) is 6.52. The zero-order valence-corrected chi connectivity index (χ0v) is 16.8. The van der Waals surface area contributed by atoms with Crippen LogP contribution in [0.1, 0.15) is 28.3 Å². The fourth-order valence-corrected chi connectivity index (χ4v) is 6.35. The van der Waals surface area contributed by atoms with Crippen molar-refractivity contribution in [2.45, 2.75) is 29.1 Å². The SMILES string of the molecule is Cc1ccc(S(=O)(=O)c2csc3c2NC(=O)C[C@H]3c2cccc(Cl)c2)cc1. The third kappa shape index (κ3) is 3.29. The standard InChI is InChI=1S/C20H16ClNO3S2/c1-12-5-7-15(8-6-12)27(24,25)17-11-26-20-16(10-18(23)22-19(17)20)13-3-2-4-14(21)9-13/h2-9,11,16H,10H2,1H3,(H,22,23)/t16-/m0/s1. The van der Waals surface area contributed by atoms with Crippen LogP contribution in [0, 0.1) is 6.92 Å². The molecule has 2 aromatic carbocycles. The summed E-state index contributed by atoms with van der Waals surface area (Å²) in [6.07, 6.45) is 0.262. The summed E-state index contributed by atoms with van der Waals surface area (Å²) in [7, 11) is -3.72. The number of halogens is 1. The summed E-state index contributed by atoms with van der Waals surface area (Å²) in [5, 5.41) is 4.97. The number of rotatable bonds is 3. The molecule has 0 saturated heterocycles. The second-order valence-corrected chi connectivity index (χ2v) is 9.78. The van der Waals surface area contributed by atoms with Gasteiger partial charge in [-0.15, -0.1) is 11.3 Å². The molecule has 0 saturated carbocycles. The first-order valence-electron chi connectivity index (χ1n) is 8.35. The maximum Gasteiger partial charge on any atom is 0.225 e. The quantitative estimate of drug-likeness (QED) is 0.651. The Bertz CT molecular complexity index is 1130. The van der Waals surface area contributed by atoms with Crippen LogP contribution in [0.25, 0.3) is 0 Å². The summed E-state index contributed by atoms with van der Waals surface area (Å²) in [5.74, 6) is -0.411. The minimum Gasteiger partial charge on any atom is -0.324 e. The number of hydrogen-bond donors (Lipinski definition) is 1. The Morgan fingerprint density at radius 2 is 1.89 bits per heavy atom. The number of benzene rings is 2. The van der Waals surface area contributed by atoms with E-state index in [1.165, 1.54) is 11.3 Å². The van der Waals surface area contributed by atoms with E-state index in [1.54, 1.807) is 35.7 Å². The molecule has 0 unspecified atom stereocenters. The topological polar surface area (TPSA) is 63.2 Å². The average Bonchev–Trinajstić information content (AvgIpc) is 3.06. The van der Waals surface area contributed by atoms with E-state index >= 15 is 0 Å². The van der Waals surface area contributed by atoms with Gasteiger partial charge in [-0.2, -0.15) is 0 Å². The lowest BCUT2D eigenvalue weighted by atomic mass is 9.91. The maximum atomic E-state index is 13.1. The van der Waals surface area contributed by atoms with Crippen LogP contribution in [0.4, 0.5) is 5.69 Å². The highest BCUT2D eigenvalue weighted by molar-refractivity contribution is 7.91. The Balaban J connectivity index is 1.83. The van der Waals surface area contributed by atoms with Gasteiger partial charge in [0.05, 0.1) is 10.6 Å². The fraction of sp³-hybridized carbons (Fsp3) is 0.150. The number of carbonyl (C=O) groups excluding carboxylic acids is 1. The molecule has 7 heteroatoms. The van der Waals surface area contributed by atoms with Crippen molar-refractivity contribution in [1.82, 2.24) is 0 Å². The van der Waals surface area contributed by atoms with Gasteiger partial charge in [0.2, 0.25) is 15.7 Å². The number of thiophene rings is 1. The number of fused-ring (bicyclic) bond motifs is 1. The molecule has 1 aromatic heterocycles. The number of carbonyl (C=O) groups is 1. The van der Waals surface area contributed by atoms with Gasteiger partial charge in [-0.1, -0.05) is 41.4 Å². The lowest BCUT2D eigenvalue weighted by molar-refractivity contribution is -0.116. The van der Waals surface area contributed by atoms with E-state index in [0.29, 0.717) is 10.7 Å². The Morgan fingerprint density at radius 3 is 2.59 bits per heavy atom. The molecule has 3 aromatic rings. The largest absolute Gasteiger partial charge is 0.324 e. The molecular formula is C20H16ClNO3S2. The number of hydrogen-bond acceptors (Lipinski definition) is 4. The summed E-state index contributed by atoms with van der Waals surface area (Å²) in [6.45, 7) is 1.90. The van der Waals surface area contributed by atoms with Gasteiger partial charge in [0, 0.05) is 27.6 Å². The number of sulfone groups is 1. The smallest absolute Gasteiger partial charge is 0.225 e. The van der Waals surface area contributed by atoms with Crippen LogP contribution < -0.4 is 5.32 Å². The van der Waals surface area contributed by atoms with Gasteiger partial charge in [-0.05, 0) is 36.8 Å². The summed E-state index contributed by atoms with van der Waals surface area (Å²) in [4.78, 5) is 13.5. The van der Waals surface area contributed by atoms with Crippen LogP contribution in [0.5, 0.6) is 0 Å². The van der Waals surface area contributed by atoms with E-state index in [2.05, 4.69) is 5.32 Å². The van der Waals surface area contributed by atoms with Crippen molar-refractivity contribution in [1.29, 1.82) is 0 Å². The fourth-order valence-electron chi connectivity index (χ4n) is 3.24. The summed E-state index contributed by atoms with van der Waals surface area (Å²) >= 11 is 7.46. The van der Waals surface area contributed by atoms with Crippen LogP contribution in [0.15, 0.2) is 63.7 Å². The van der Waals surface area contributed by atoms with Crippen molar-refractivity contribution < 1.29 is 13.2 Å². The van der Waals surface area contributed by atoms with E-state index < -0.39 is 9.84 Å². The summed E-state index contributed by atoms with van der Waals surface area (Å²) in [6, 6.07) is 14.0. The Labute approximate surface area is 166 Å². The normalized spacial score (nSPS) is 16.7. The van der Waals surface area contributed by atoms with Crippen molar-refractivity contribution in [3.63, 3.8) is 0 Å². The highest BCUT2D eigenvalue weighted by Gasteiger charge is 2.34. The molecule has 0 bridgehead atoms. The number of nitrogens with one attached hydrogen (secondary N) is 1. The summed E-state index contributed by atoms with van der Waals surface area (Å²) < 4.78 is 26.2. The number of aryl methyl sites for hydroxylation is 1. The molecule has 1 amide bonds. The molecule has 1 atom stereocenters. The van der Waals surface area contributed by atoms with Gasteiger partial charge >= 0.3 is 0 Å². The van der Waals surface area contributed by atoms with Crippen LogP contribution in [0.3, 0.4) is 0 Å². The molecule has 138 valence electrons. The van der Waals surface area contributed by atoms with Gasteiger partial charge < -0.3 is 5.32 Å². The van der Waals surface area contributed by atoms with E-state index in [1.807, 2.05) is 25.1 Å². The predicted octanol–water partition coefficient (Wildman–Crippen LogP) is 5.02. The third-order valence-corrected chi connectivity index (χ3v) is 7.90. The molecule has 0 fully saturated rings. The highest BCUT2D eigenvalue weighted by atomic mass is 35.5. The van der Waals surface area contributed by atoms with Gasteiger partial charge in [0.15, 0.2) is 0 Å². The third-order valence-electron chi connectivity index (χ3n) is 4.63. The summed E-state index contributed by atoms with van der Waals surface area (Å²) in [5.41, 5.74) is 2.28. The van der Waals surface area contributed by atoms with Gasteiger partial charge in [-0.25, -0.2) is 8.42 Å². The van der Waals surface area contributed by atoms with Gasteiger partial charge in [-0.3, -0.25) is 4.79 Å². The van der Waals surface area contributed by atoms with Crippen molar-refractivity contribution >= 4 is 44.4 Å². The molecule has 1 aliphatic heterocycles. The van der Waals surface area contributed by atoms with Crippen molar-refractivity contribution in [3.05, 3.63) is 74.9 Å². The Morgan fingerprint density at radius 1 is 1.15 bits per heavy atom. The predicted molar refractivity (Wildman–Crippen MR) is 107 cm³/mol. The monoisotopic (exact) mass is 417 g/mol. The van der Waals surface area contributed by atoms with Crippen molar-refractivity contribution in [2.24, 2.45) is 0 Å². The van der Waals surface area contributed by atoms with Crippen molar-refractivity contribution in [3.8, 4) is 0 Å². The molecule has 2 heterocycles. The first-order valence-corrected chi connectivity index (χ1v) is 11.1. The van der Waals surface area contributed by atoms with E-state index in [9.17, 15) is 13.2 Å². The lowest BCUT2D eigenvalue weighted by Gasteiger charge is -2.24. The molecular weight excluding hydrogens is 402 g/mol. The highest BCUT2D eigenvalue weighted by Crippen LogP contribution is 2.46. The first-order chi connectivity index (χ1) is 12.9. The molecule has 27 heavy (non-hydrogen) atoms. The second kappa shape index (κ2) is 6.78. The average molecular weight is 418 g/mol. The van der Waals surface area contributed by atoms with E-state index in [-0.39, 0.29) is 28.0 Å². The van der Waals surface area contributed by atoms with Crippen LogP contribution >= 0.6 is 22.9 Å². The molecule has 4 rings (SSSR count). The number of anilines is 1. The van der Waals surface area contributed by atoms with E-state index in [0.717, 1.165) is 16.0 Å². The first kappa shape index (κ1) is 18.2. The zero-order valence-electron chi connectivity index (χ0n) is 14.4. The Kier molecular flexibility index (Phi) is 4.58. The van der Waals surface area contributed by atoms with Crippen LogP contribution in [-0.2, 0) is 14.6 Å². The van der Waals surface area contributed by atoms with Crippen molar-refractivity contribution in [2.75, 3.05) is 5.32 Å². The molecule has 4 nitrogen and oxygen atoms in total. The molecule has 0 spiro atoms. The molecule has 0 radical (unpaired) electrons. The minimum atomic E-state index is -3.72. The Hall–Kier alpha value is -2.15. The minimum absolute atomic E-state index is 0.145. The van der Waals surface area contributed by atoms with Crippen LogP contribution in [-0.4, -0.2) is 14.3 Å². The van der Waals surface area contributed by atoms with E-state index in [4.69, 9.17) is 11.6 Å². The molecule has 0 aliphatic carbocycles. The maximum absolute atomic E-state index is 13.1. The molecule has 1 N–H and O–H groups in total. The van der Waals surface area contributed by atoms with Crippen LogP contribution in [0.2, 0.25) is 5.02 Å². The lowest BCUT2D eigenvalue weighted by Crippen LogP contribution is -2.23. The van der Waals surface area contributed by atoms with Gasteiger partial charge in [0.1, 0.15) is 4.90 Å². The molecule has 1 aliphatic rings. The number of amides is 1.